The van der Waals surface area contributed by atoms with E-state index in [2.05, 4.69) is 6.58 Å². The zero-order valence-electron chi connectivity index (χ0n) is 11.2. The predicted molar refractivity (Wildman–Crippen MR) is 70.6 cm³/mol. The van der Waals surface area contributed by atoms with E-state index in [9.17, 15) is 4.79 Å². The molecule has 0 saturated heterocycles. The van der Waals surface area contributed by atoms with Gasteiger partial charge in [0.15, 0.2) is 0 Å². The summed E-state index contributed by atoms with van der Waals surface area (Å²) in [7, 11) is 1.67. The first-order valence-corrected chi connectivity index (χ1v) is 5.62. The summed E-state index contributed by atoms with van der Waals surface area (Å²) in [6.45, 7) is 13.3. The molecule has 0 radical (unpaired) electrons. The number of nitrogens with zero attached hydrogens (tertiary/aromatic N) is 1. The Balaban J connectivity index is 0. The molecule has 0 spiro atoms. The maximum absolute atomic E-state index is 11.0. The van der Waals surface area contributed by atoms with Crippen LogP contribution < -0.4 is 5.76 Å². The molecule has 92 valence electrons. The van der Waals surface area contributed by atoms with Gasteiger partial charge in [-0.2, -0.15) is 0 Å². The van der Waals surface area contributed by atoms with Gasteiger partial charge in [0, 0.05) is 7.05 Å². The molecule has 1 heterocycles. The fourth-order valence-corrected chi connectivity index (χ4v) is 0.975. The number of rotatable bonds is 2. The lowest BCUT2D eigenvalue weighted by atomic mass is 10.3. The van der Waals surface area contributed by atoms with E-state index < -0.39 is 0 Å². The summed E-state index contributed by atoms with van der Waals surface area (Å²) < 4.78 is 6.32. The molecule has 3 nitrogen and oxygen atoms in total. The van der Waals surface area contributed by atoms with Crippen molar-refractivity contribution in [3.05, 3.63) is 40.7 Å². The molecule has 1 aromatic rings. The van der Waals surface area contributed by atoms with E-state index in [1.54, 1.807) is 32.2 Å². The summed E-state index contributed by atoms with van der Waals surface area (Å²) in [4.78, 5) is 11.0. The molecule has 0 N–H and O–H groups in total. The van der Waals surface area contributed by atoms with Crippen LogP contribution >= 0.6 is 0 Å². The number of oxazole rings is 1. The van der Waals surface area contributed by atoms with Gasteiger partial charge in [-0.3, -0.25) is 4.57 Å². The number of hydrogen-bond acceptors (Lipinski definition) is 2. The van der Waals surface area contributed by atoms with E-state index in [0.717, 1.165) is 5.69 Å². The number of allylic oxidation sites excluding steroid dienone is 2. The molecule has 16 heavy (non-hydrogen) atoms. The van der Waals surface area contributed by atoms with Crippen LogP contribution in [0.1, 0.15) is 39.1 Å². The topological polar surface area (TPSA) is 35.1 Å². The highest BCUT2D eigenvalue weighted by Gasteiger charge is 2.05. The molecule has 0 bridgehead atoms. The fourth-order valence-electron chi connectivity index (χ4n) is 0.975. The third-order valence-corrected chi connectivity index (χ3v) is 1.63. The van der Waals surface area contributed by atoms with Gasteiger partial charge < -0.3 is 4.42 Å². The molecule has 1 aromatic heterocycles. The van der Waals surface area contributed by atoms with Crippen LogP contribution in [-0.2, 0) is 7.05 Å². The second-order valence-corrected chi connectivity index (χ2v) is 2.46. The largest absolute Gasteiger partial charge is 0.419 e. The van der Waals surface area contributed by atoms with Crippen LogP contribution in [0.2, 0.25) is 0 Å². The molecule has 0 saturated carbocycles. The minimum Gasteiger partial charge on any atom is -0.413 e. The highest BCUT2D eigenvalue weighted by molar-refractivity contribution is 5.48. The zero-order chi connectivity index (χ0) is 13.1. The van der Waals surface area contributed by atoms with Gasteiger partial charge in [-0.05, 0) is 13.0 Å². The molecular weight excluding hydrogens is 202 g/mol. The summed E-state index contributed by atoms with van der Waals surface area (Å²) >= 11 is 0. The highest BCUT2D eigenvalue weighted by atomic mass is 16.4. The Bertz CT molecular complexity index is 370. The highest BCUT2D eigenvalue weighted by Crippen LogP contribution is 2.06. The van der Waals surface area contributed by atoms with Crippen molar-refractivity contribution < 1.29 is 4.42 Å². The van der Waals surface area contributed by atoms with Crippen LogP contribution in [0.3, 0.4) is 0 Å². The normalized spacial score (nSPS) is 8.88. The van der Waals surface area contributed by atoms with Crippen molar-refractivity contribution in [3.63, 3.8) is 0 Å². The minimum atomic E-state index is -0.337. The van der Waals surface area contributed by atoms with Gasteiger partial charge >= 0.3 is 5.76 Å². The van der Waals surface area contributed by atoms with E-state index in [1.807, 2.05) is 27.7 Å². The maximum atomic E-state index is 11.0. The summed E-state index contributed by atoms with van der Waals surface area (Å²) in [6.07, 6.45) is 5.20. The first-order valence-electron chi connectivity index (χ1n) is 5.62. The monoisotopic (exact) mass is 225 g/mol. The summed E-state index contributed by atoms with van der Waals surface area (Å²) in [5.41, 5.74) is 0.778. The lowest BCUT2D eigenvalue weighted by Crippen LogP contribution is -2.10. The third-order valence-electron chi connectivity index (χ3n) is 1.63. The Labute approximate surface area is 98.1 Å². The standard InChI is InChI=1S/C9H11NO2.2C2H6/c1-4-5-6-8-7(2)12-9(11)10(8)3;2*1-2/h4-6H,1H2,2-3H3;2*1-2H3/b6-5-;;. The SMILES string of the molecule is C=C/C=C\c1c(C)oc(=O)n1C.CC.CC. The van der Waals surface area contributed by atoms with Gasteiger partial charge in [-0.15, -0.1) is 0 Å². The number of aryl methyl sites for hydroxylation is 1. The lowest BCUT2D eigenvalue weighted by molar-refractivity contribution is 0.472. The second-order valence-electron chi connectivity index (χ2n) is 2.46. The van der Waals surface area contributed by atoms with Crippen LogP contribution in [0.15, 0.2) is 27.9 Å². The van der Waals surface area contributed by atoms with Crippen LogP contribution in [0.25, 0.3) is 6.08 Å². The van der Waals surface area contributed by atoms with E-state index in [4.69, 9.17) is 4.42 Å². The van der Waals surface area contributed by atoms with Crippen molar-refractivity contribution in [1.82, 2.24) is 4.57 Å². The molecule has 0 amide bonds. The minimum absolute atomic E-state index is 0.337. The van der Waals surface area contributed by atoms with E-state index >= 15 is 0 Å². The average Bonchev–Trinajstić information content (AvgIpc) is 2.57. The van der Waals surface area contributed by atoms with Crippen LogP contribution in [0, 0.1) is 6.92 Å². The van der Waals surface area contributed by atoms with Crippen molar-refractivity contribution in [2.75, 3.05) is 0 Å². The molecule has 0 fully saturated rings. The zero-order valence-corrected chi connectivity index (χ0v) is 11.2. The maximum Gasteiger partial charge on any atom is 0.419 e. The van der Waals surface area contributed by atoms with Gasteiger partial charge in [0.05, 0.1) is 5.69 Å². The molecule has 0 unspecified atom stereocenters. The quantitative estimate of drug-likeness (QED) is 0.722. The van der Waals surface area contributed by atoms with Crippen molar-refractivity contribution in [3.8, 4) is 0 Å². The molecular formula is C13H23NO2. The second kappa shape index (κ2) is 10.0. The molecule has 0 aliphatic carbocycles. The van der Waals surface area contributed by atoms with E-state index in [-0.39, 0.29) is 5.76 Å². The predicted octanol–water partition coefficient (Wildman–Crippen LogP) is 3.54. The fraction of sp³-hybridized carbons (Fsp3) is 0.462. The van der Waals surface area contributed by atoms with E-state index in [1.165, 1.54) is 4.57 Å². The number of aromatic nitrogens is 1. The van der Waals surface area contributed by atoms with Crippen LogP contribution in [0.5, 0.6) is 0 Å². The molecule has 1 rings (SSSR count). The molecule has 0 aliphatic heterocycles. The molecule has 0 atom stereocenters. The van der Waals surface area contributed by atoms with Gasteiger partial charge in [-0.25, -0.2) is 4.79 Å². The molecule has 0 aliphatic rings. The Morgan fingerprint density at radius 1 is 1.25 bits per heavy atom. The van der Waals surface area contributed by atoms with Crippen LogP contribution in [0.4, 0.5) is 0 Å². The molecule has 3 heteroatoms. The Morgan fingerprint density at radius 2 is 1.75 bits per heavy atom. The Morgan fingerprint density at radius 3 is 2.06 bits per heavy atom. The van der Waals surface area contributed by atoms with Crippen molar-refractivity contribution in [2.24, 2.45) is 7.05 Å². The van der Waals surface area contributed by atoms with Crippen molar-refractivity contribution >= 4 is 6.08 Å². The van der Waals surface area contributed by atoms with Gasteiger partial charge in [-0.1, -0.05) is 46.4 Å². The average molecular weight is 225 g/mol. The van der Waals surface area contributed by atoms with Crippen molar-refractivity contribution in [2.45, 2.75) is 34.6 Å². The number of hydrogen-bond donors (Lipinski definition) is 0. The van der Waals surface area contributed by atoms with E-state index in [0.29, 0.717) is 5.76 Å². The summed E-state index contributed by atoms with van der Waals surface area (Å²) in [6, 6.07) is 0. The lowest BCUT2D eigenvalue weighted by Gasteiger charge is -1.91. The first-order chi connectivity index (χ1) is 7.66. The first kappa shape index (κ1) is 16.9. The molecule has 0 aromatic carbocycles. The van der Waals surface area contributed by atoms with Gasteiger partial charge in [0.2, 0.25) is 0 Å². The van der Waals surface area contributed by atoms with Crippen molar-refractivity contribution in [1.29, 1.82) is 0 Å². The smallest absolute Gasteiger partial charge is 0.413 e. The summed E-state index contributed by atoms with van der Waals surface area (Å²) in [5, 5.41) is 0. The third kappa shape index (κ3) is 4.82. The van der Waals surface area contributed by atoms with Crippen LogP contribution in [-0.4, -0.2) is 4.57 Å². The van der Waals surface area contributed by atoms with Gasteiger partial charge in [0.25, 0.3) is 0 Å². The Hall–Kier alpha value is -1.51. The summed E-state index contributed by atoms with van der Waals surface area (Å²) in [5.74, 6) is 0.289. The Kier molecular flexibility index (Phi) is 10.6. The van der Waals surface area contributed by atoms with Gasteiger partial charge in [0.1, 0.15) is 5.76 Å².